The zero-order valence-electron chi connectivity index (χ0n) is 8.98. The molecule has 0 saturated carbocycles. The smallest absolute Gasteiger partial charge is 0.136 e. The van der Waals surface area contributed by atoms with Crippen molar-refractivity contribution in [2.75, 3.05) is 13.2 Å². The van der Waals surface area contributed by atoms with Crippen LogP contribution in [0.15, 0.2) is 30.0 Å². The summed E-state index contributed by atoms with van der Waals surface area (Å²) in [7, 11) is 0. The van der Waals surface area contributed by atoms with Crippen molar-refractivity contribution in [2.45, 2.75) is 18.9 Å². The van der Waals surface area contributed by atoms with Crippen molar-refractivity contribution in [3.05, 3.63) is 41.2 Å². The molecule has 16 heavy (non-hydrogen) atoms. The summed E-state index contributed by atoms with van der Waals surface area (Å²) in [6.07, 6.45) is 3.14. The first-order valence-corrected chi connectivity index (χ1v) is 5.61. The molecule has 0 fully saturated rings. The van der Waals surface area contributed by atoms with Gasteiger partial charge in [0.1, 0.15) is 17.6 Å². The van der Waals surface area contributed by atoms with E-state index in [1.54, 1.807) is 0 Å². The summed E-state index contributed by atoms with van der Waals surface area (Å²) < 4.78 is 10.8. The van der Waals surface area contributed by atoms with Gasteiger partial charge in [-0.1, -0.05) is 6.07 Å². The average Bonchev–Trinajstić information content (AvgIpc) is 2.98. The molecule has 2 aliphatic rings. The number of aliphatic hydroxyl groups is 1. The number of aliphatic hydroxyl groups excluding tert-OH is 1. The van der Waals surface area contributed by atoms with Crippen molar-refractivity contribution in [1.29, 1.82) is 0 Å². The fourth-order valence-electron chi connectivity index (χ4n) is 2.17. The van der Waals surface area contributed by atoms with Gasteiger partial charge >= 0.3 is 0 Å². The van der Waals surface area contributed by atoms with Gasteiger partial charge in [0, 0.05) is 12.8 Å². The summed E-state index contributed by atoms with van der Waals surface area (Å²) in [5, 5.41) is 10.1. The zero-order valence-corrected chi connectivity index (χ0v) is 8.98. The third kappa shape index (κ3) is 1.57. The largest absolute Gasteiger partial charge is 0.495 e. The normalized spacial score (nSPS) is 19.7. The zero-order chi connectivity index (χ0) is 11.0. The molecule has 0 saturated heterocycles. The fraction of sp³-hybridized carbons (Fsp3) is 0.385. The van der Waals surface area contributed by atoms with E-state index in [4.69, 9.17) is 9.47 Å². The molecular formula is C13H14O3. The third-order valence-electron chi connectivity index (χ3n) is 3.03. The Kier molecular flexibility index (Phi) is 2.33. The topological polar surface area (TPSA) is 38.7 Å². The Hall–Kier alpha value is -1.48. The number of hydrogen-bond acceptors (Lipinski definition) is 3. The first kappa shape index (κ1) is 9.73. The lowest BCUT2D eigenvalue weighted by atomic mass is 10.0. The van der Waals surface area contributed by atoms with Crippen molar-refractivity contribution in [1.82, 2.24) is 0 Å². The summed E-state index contributed by atoms with van der Waals surface area (Å²) >= 11 is 0. The van der Waals surface area contributed by atoms with Gasteiger partial charge in [-0.3, -0.25) is 0 Å². The molecule has 3 nitrogen and oxygen atoms in total. The lowest BCUT2D eigenvalue weighted by Gasteiger charge is -2.13. The average molecular weight is 218 g/mol. The van der Waals surface area contributed by atoms with Gasteiger partial charge in [-0.25, -0.2) is 0 Å². The summed E-state index contributed by atoms with van der Waals surface area (Å²) in [5.74, 6) is 1.62. The Morgan fingerprint density at radius 1 is 1.19 bits per heavy atom. The van der Waals surface area contributed by atoms with Gasteiger partial charge in [-0.15, -0.1) is 0 Å². The minimum absolute atomic E-state index is 0.631. The van der Waals surface area contributed by atoms with Crippen LogP contribution in [0, 0.1) is 0 Å². The van der Waals surface area contributed by atoms with Gasteiger partial charge in [0.15, 0.2) is 0 Å². The van der Waals surface area contributed by atoms with Gasteiger partial charge in [-0.2, -0.15) is 0 Å². The van der Waals surface area contributed by atoms with Crippen LogP contribution < -0.4 is 4.74 Å². The van der Waals surface area contributed by atoms with Crippen LogP contribution in [0.25, 0.3) is 0 Å². The molecule has 1 N–H and O–H groups in total. The predicted octanol–water partition coefficient (Wildman–Crippen LogP) is 1.96. The molecule has 0 aromatic heterocycles. The van der Waals surface area contributed by atoms with Crippen molar-refractivity contribution in [3.8, 4) is 5.75 Å². The van der Waals surface area contributed by atoms with E-state index in [0.29, 0.717) is 12.4 Å². The molecule has 1 aromatic carbocycles. The van der Waals surface area contributed by atoms with Crippen molar-refractivity contribution in [3.63, 3.8) is 0 Å². The Morgan fingerprint density at radius 3 is 2.94 bits per heavy atom. The van der Waals surface area contributed by atoms with Gasteiger partial charge in [0.2, 0.25) is 0 Å². The van der Waals surface area contributed by atoms with E-state index < -0.39 is 6.10 Å². The first-order chi connectivity index (χ1) is 7.84. The summed E-state index contributed by atoms with van der Waals surface area (Å²) in [6, 6.07) is 5.84. The van der Waals surface area contributed by atoms with E-state index in [9.17, 15) is 5.11 Å². The fourth-order valence-corrected chi connectivity index (χ4v) is 2.17. The Morgan fingerprint density at radius 2 is 2.12 bits per heavy atom. The van der Waals surface area contributed by atoms with Gasteiger partial charge < -0.3 is 14.6 Å². The maximum Gasteiger partial charge on any atom is 0.136 e. The minimum atomic E-state index is -0.631. The second kappa shape index (κ2) is 3.83. The number of ether oxygens (including phenoxy) is 2. The van der Waals surface area contributed by atoms with Crippen LogP contribution in [-0.4, -0.2) is 18.3 Å². The van der Waals surface area contributed by atoms with Crippen molar-refractivity contribution >= 4 is 0 Å². The molecule has 2 aliphatic heterocycles. The molecular weight excluding hydrogens is 204 g/mol. The summed E-state index contributed by atoms with van der Waals surface area (Å²) in [4.78, 5) is 0. The quantitative estimate of drug-likeness (QED) is 0.824. The highest BCUT2D eigenvalue weighted by molar-refractivity contribution is 5.41. The maximum atomic E-state index is 10.1. The second-order valence-corrected chi connectivity index (χ2v) is 4.11. The number of rotatable bonds is 2. The van der Waals surface area contributed by atoms with E-state index in [1.165, 1.54) is 5.56 Å². The Labute approximate surface area is 94.3 Å². The molecule has 1 unspecified atom stereocenters. The lowest BCUT2D eigenvalue weighted by Crippen LogP contribution is -2.02. The molecule has 0 amide bonds. The van der Waals surface area contributed by atoms with E-state index in [2.05, 4.69) is 0 Å². The lowest BCUT2D eigenvalue weighted by molar-refractivity contribution is 0.119. The van der Waals surface area contributed by atoms with Crippen LogP contribution >= 0.6 is 0 Å². The third-order valence-corrected chi connectivity index (χ3v) is 3.03. The molecule has 0 aliphatic carbocycles. The van der Waals surface area contributed by atoms with Crippen LogP contribution in [-0.2, 0) is 11.2 Å². The standard InChI is InChI=1S/C13H14O3/c14-13(12-2-1-6-15-12)10-3-4-11-9(8-10)5-7-16-11/h2-4,8,13-14H,1,5-7H2. The molecule has 3 rings (SSSR count). The van der Waals surface area contributed by atoms with E-state index in [1.807, 2.05) is 24.3 Å². The van der Waals surface area contributed by atoms with Crippen LogP contribution in [0.5, 0.6) is 5.75 Å². The van der Waals surface area contributed by atoms with Crippen LogP contribution in [0.2, 0.25) is 0 Å². The molecule has 2 heterocycles. The molecule has 0 spiro atoms. The monoisotopic (exact) mass is 218 g/mol. The molecule has 1 atom stereocenters. The summed E-state index contributed by atoms with van der Waals surface area (Å²) in [5.41, 5.74) is 2.06. The highest BCUT2D eigenvalue weighted by Crippen LogP contribution is 2.32. The molecule has 0 radical (unpaired) electrons. The maximum absolute atomic E-state index is 10.1. The van der Waals surface area contributed by atoms with Gasteiger partial charge in [-0.05, 0) is 29.3 Å². The SMILES string of the molecule is OC(C1=CCCO1)c1ccc2c(c1)CCO2. The van der Waals surface area contributed by atoms with Crippen LogP contribution in [0.3, 0.4) is 0 Å². The second-order valence-electron chi connectivity index (χ2n) is 4.11. The minimum Gasteiger partial charge on any atom is -0.495 e. The van der Waals surface area contributed by atoms with E-state index >= 15 is 0 Å². The van der Waals surface area contributed by atoms with Crippen molar-refractivity contribution < 1.29 is 14.6 Å². The molecule has 3 heteroatoms. The number of benzene rings is 1. The highest BCUT2D eigenvalue weighted by Gasteiger charge is 2.20. The van der Waals surface area contributed by atoms with E-state index in [0.717, 1.165) is 30.8 Å². The molecule has 84 valence electrons. The number of fused-ring (bicyclic) bond motifs is 1. The molecule has 1 aromatic rings. The predicted molar refractivity (Wildman–Crippen MR) is 59.3 cm³/mol. The van der Waals surface area contributed by atoms with Crippen molar-refractivity contribution in [2.24, 2.45) is 0 Å². The van der Waals surface area contributed by atoms with Crippen LogP contribution in [0.1, 0.15) is 23.7 Å². The van der Waals surface area contributed by atoms with Gasteiger partial charge in [0.05, 0.1) is 13.2 Å². The Balaban J connectivity index is 1.89. The Bertz CT molecular complexity index is 437. The van der Waals surface area contributed by atoms with Crippen LogP contribution in [0.4, 0.5) is 0 Å². The highest BCUT2D eigenvalue weighted by atomic mass is 16.5. The number of hydrogen-bond donors (Lipinski definition) is 1. The van der Waals surface area contributed by atoms with E-state index in [-0.39, 0.29) is 0 Å². The van der Waals surface area contributed by atoms with Gasteiger partial charge in [0.25, 0.3) is 0 Å². The molecule has 0 bridgehead atoms. The first-order valence-electron chi connectivity index (χ1n) is 5.61. The summed E-state index contributed by atoms with van der Waals surface area (Å²) in [6.45, 7) is 1.43.